The molecule has 0 aromatic heterocycles. The van der Waals surface area contributed by atoms with Crippen molar-refractivity contribution in [1.82, 2.24) is 5.32 Å². The van der Waals surface area contributed by atoms with Crippen molar-refractivity contribution >= 4 is 0 Å². The third-order valence-electron chi connectivity index (χ3n) is 2.84. The summed E-state index contributed by atoms with van der Waals surface area (Å²) in [7, 11) is 1.72. The Morgan fingerprint density at radius 3 is 3.07 bits per heavy atom. The van der Waals surface area contributed by atoms with Crippen LogP contribution in [0, 0.1) is 0 Å². The Bertz CT molecular complexity index is 322. The lowest BCUT2D eigenvalue weighted by Crippen LogP contribution is -2.11. The second-order valence-electron chi connectivity index (χ2n) is 3.79. The summed E-state index contributed by atoms with van der Waals surface area (Å²) in [6, 6.07) is 6.93. The number of hydrogen-bond acceptors (Lipinski definition) is 2. The maximum absolute atomic E-state index is 5.21. The molecule has 0 bridgehead atoms. The van der Waals surface area contributed by atoms with Crippen molar-refractivity contribution in [1.29, 1.82) is 0 Å². The van der Waals surface area contributed by atoms with Crippen LogP contribution in [0.4, 0.5) is 0 Å². The molecular formula is C12H17NO. The highest BCUT2D eigenvalue weighted by atomic mass is 16.5. The zero-order valence-electron chi connectivity index (χ0n) is 8.84. The van der Waals surface area contributed by atoms with Crippen molar-refractivity contribution in [2.75, 3.05) is 7.11 Å². The molecule has 1 unspecified atom stereocenters. The van der Waals surface area contributed by atoms with Crippen molar-refractivity contribution in [3.05, 3.63) is 29.3 Å². The van der Waals surface area contributed by atoms with Gasteiger partial charge in [-0.05, 0) is 29.7 Å². The number of benzene rings is 1. The molecule has 1 atom stereocenters. The Morgan fingerprint density at radius 1 is 1.50 bits per heavy atom. The summed E-state index contributed by atoms with van der Waals surface area (Å²) >= 11 is 0. The molecule has 0 aliphatic carbocycles. The molecule has 1 aliphatic rings. The standard InChI is InChI=1S/C12H17NO/c1-3-4-12-11-6-5-10(14-2)7-9(11)8-13-12/h5-7,12-13H,3-4,8H2,1-2H3. The monoisotopic (exact) mass is 191 g/mol. The smallest absolute Gasteiger partial charge is 0.119 e. The minimum Gasteiger partial charge on any atom is -0.497 e. The molecule has 1 aromatic carbocycles. The fourth-order valence-electron chi connectivity index (χ4n) is 2.09. The van der Waals surface area contributed by atoms with Gasteiger partial charge in [-0.3, -0.25) is 0 Å². The molecule has 0 saturated heterocycles. The second kappa shape index (κ2) is 4.01. The number of rotatable bonds is 3. The van der Waals surface area contributed by atoms with Crippen molar-refractivity contribution in [3.8, 4) is 5.75 Å². The molecule has 2 rings (SSSR count). The topological polar surface area (TPSA) is 21.3 Å². The molecule has 1 aromatic rings. The van der Waals surface area contributed by atoms with Crippen LogP contribution in [-0.2, 0) is 6.54 Å². The van der Waals surface area contributed by atoms with E-state index in [4.69, 9.17) is 4.74 Å². The van der Waals surface area contributed by atoms with Crippen LogP contribution in [0.15, 0.2) is 18.2 Å². The molecule has 2 nitrogen and oxygen atoms in total. The Balaban J connectivity index is 2.24. The average molecular weight is 191 g/mol. The van der Waals surface area contributed by atoms with E-state index in [1.54, 1.807) is 7.11 Å². The van der Waals surface area contributed by atoms with E-state index < -0.39 is 0 Å². The van der Waals surface area contributed by atoms with E-state index >= 15 is 0 Å². The molecule has 1 heterocycles. The number of hydrogen-bond donors (Lipinski definition) is 1. The molecule has 0 spiro atoms. The lowest BCUT2D eigenvalue weighted by atomic mass is 10.0. The van der Waals surface area contributed by atoms with Crippen molar-refractivity contribution in [2.24, 2.45) is 0 Å². The summed E-state index contributed by atoms with van der Waals surface area (Å²) in [5.41, 5.74) is 2.84. The number of ether oxygens (including phenoxy) is 1. The van der Waals surface area contributed by atoms with Gasteiger partial charge >= 0.3 is 0 Å². The van der Waals surface area contributed by atoms with Crippen LogP contribution >= 0.6 is 0 Å². The quantitative estimate of drug-likeness (QED) is 0.793. The number of methoxy groups -OCH3 is 1. The molecule has 76 valence electrons. The Hall–Kier alpha value is -1.02. The predicted molar refractivity (Wildman–Crippen MR) is 57.5 cm³/mol. The first-order valence-corrected chi connectivity index (χ1v) is 5.25. The van der Waals surface area contributed by atoms with Crippen LogP contribution in [0.5, 0.6) is 5.75 Å². The number of fused-ring (bicyclic) bond motifs is 1. The SMILES string of the molecule is CCCC1NCc2cc(OC)ccc21. The van der Waals surface area contributed by atoms with Crippen LogP contribution in [-0.4, -0.2) is 7.11 Å². The average Bonchev–Trinajstić information content (AvgIpc) is 2.61. The van der Waals surface area contributed by atoms with Gasteiger partial charge in [-0.1, -0.05) is 19.4 Å². The van der Waals surface area contributed by atoms with Gasteiger partial charge < -0.3 is 10.1 Å². The fraction of sp³-hybridized carbons (Fsp3) is 0.500. The highest BCUT2D eigenvalue weighted by Crippen LogP contribution is 2.30. The third kappa shape index (κ3) is 1.62. The van der Waals surface area contributed by atoms with Gasteiger partial charge in [-0.2, -0.15) is 0 Å². The third-order valence-corrected chi connectivity index (χ3v) is 2.84. The van der Waals surface area contributed by atoms with E-state index in [0.717, 1.165) is 12.3 Å². The Morgan fingerprint density at radius 2 is 2.36 bits per heavy atom. The van der Waals surface area contributed by atoms with E-state index in [2.05, 4.69) is 30.4 Å². The Kier molecular flexibility index (Phi) is 2.73. The summed E-state index contributed by atoms with van der Waals surface area (Å²) < 4.78 is 5.21. The summed E-state index contributed by atoms with van der Waals surface area (Å²) in [5, 5.41) is 3.52. The normalized spacial score (nSPS) is 19.4. The summed E-state index contributed by atoms with van der Waals surface area (Å²) in [4.78, 5) is 0. The van der Waals surface area contributed by atoms with E-state index in [1.807, 2.05) is 0 Å². The molecular weight excluding hydrogens is 174 g/mol. The highest BCUT2D eigenvalue weighted by molar-refractivity contribution is 5.40. The maximum Gasteiger partial charge on any atom is 0.119 e. The largest absolute Gasteiger partial charge is 0.497 e. The van der Waals surface area contributed by atoms with Crippen LogP contribution < -0.4 is 10.1 Å². The summed E-state index contributed by atoms with van der Waals surface area (Å²) in [6.45, 7) is 3.21. The minimum absolute atomic E-state index is 0.556. The molecule has 1 aliphatic heterocycles. The first-order valence-electron chi connectivity index (χ1n) is 5.25. The van der Waals surface area contributed by atoms with Gasteiger partial charge in [0.05, 0.1) is 7.11 Å². The molecule has 1 N–H and O–H groups in total. The molecule has 14 heavy (non-hydrogen) atoms. The van der Waals surface area contributed by atoms with Crippen LogP contribution in [0.2, 0.25) is 0 Å². The summed E-state index contributed by atoms with van der Waals surface area (Å²) in [5.74, 6) is 0.961. The first kappa shape index (κ1) is 9.53. The fourth-order valence-corrected chi connectivity index (χ4v) is 2.09. The molecule has 0 fully saturated rings. The highest BCUT2D eigenvalue weighted by Gasteiger charge is 2.20. The lowest BCUT2D eigenvalue weighted by molar-refractivity contribution is 0.414. The van der Waals surface area contributed by atoms with E-state index in [-0.39, 0.29) is 0 Å². The minimum atomic E-state index is 0.556. The van der Waals surface area contributed by atoms with Crippen LogP contribution in [0.1, 0.15) is 36.9 Å². The van der Waals surface area contributed by atoms with E-state index in [1.165, 1.54) is 24.0 Å². The first-order chi connectivity index (χ1) is 6.85. The van der Waals surface area contributed by atoms with Gasteiger partial charge in [-0.25, -0.2) is 0 Å². The second-order valence-corrected chi connectivity index (χ2v) is 3.79. The Labute approximate surface area is 85.3 Å². The van der Waals surface area contributed by atoms with Gasteiger partial charge in [0.25, 0.3) is 0 Å². The molecule has 0 amide bonds. The van der Waals surface area contributed by atoms with Crippen molar-refractivity contribution in [3.63, 3.8) is 0 Å². The van der Waals surface area contributed by atoms with Crippen LogP contribution in [0.3, 0.4) is 0 Å². The van der Waals surface area contributed by atoms with E-state index in [0.29, 0.717) is 6.04 Å². The zero-order chi connectivity index (χ0) is 9.97. The number of nitrogens with one attached hydrogen (secondary N) is 1. The zero-order valence-corrected chi connectivity index (χ0v) is 8.84. The lowest BCUT2D eigenvalue weighted by Gasteiger charge is -2.10. The van der Waals surface area contributed by atoms with Gasteiger partial charge in [0.15, 0.2) is 0 Å². The van der Waals surface area contributed by atoms with Gasteiger partial charge in [0, 0.05) is 12.6 Å². The van der Waals surface area contributed by atoms with Crippen molar-refractivity contribution < 1.29 is 4.74 Å². The van der Waals surface area contributed by atoms with Crippen molar-refractivity contribution in [2.45, 2.75) is 32.4 Å². The maximum atomic E-state index is 5.21. The van der Waals surface area contributed by atoms with Gasteiger partial charge in [0.1, 0.15) is 5.75 Å². The van der Waals surface area contributed by atoms with Gasteiger partial charge in [-0.15, -0.1) is 0 Å². The molecule has 0 saturated carbocycles. The molecule has 0 radical (unpaired) electrons. The summed E-state index contributed by atoms with van der Waals surface area (Å²) in [6.07, 6.45) is 2.45. The van der Waals surface area contributed by atoms with Gasteiger partial charge in [0.2, 0.25) is 0 Å². The molecule has 2 heteroatoms. The van der Waals surface area contributed by atoms with Crippen LogP contribution in [0.25, 0.3) is 0 Å². The predicted octanol–water partition coefficient (Wildman–Crippen LogP) is 2.64. The van der Waals surface area contributed by atoms with E-state index in [9.17, 15) is 0 Å².